The van der Waals surface area contributed by atoms with E-state index in [0.29, 0.717) is 12.1 Å². The first-order valence-corrected chi connectivity index (χ1v) is 9.62. The maximum Gasteiger partial charge on any atom is 0.220 e. The van der Waals surface area contributed by atoms with Crippen molar-refractivity contribution in [3.05, 3.63) is 71.3 Å². The average molecular weight is 364 g/mol. The van der Waals surface area contributed by atoms with Crippen molar-refractivity contribution in [1.29, 1.82) is 0 Å². The summed E-state index contributed by atoms with van der Waals surface area (Å²) >= 11 is 0. The number of amides is 1. The number of nitrogens with zero attached hydrogens (tertiary/aromatic N) is 1. The number of fused-ring (bicyclic) bond motifs is 1. The van der Waals surface area contributed by atoms with Crippen LogP contribution < -0.4 is 5.32 Å². The maximum absolute atomic E-state index is 12.2. The molecule has 3 rings (SSSR count). The van der Waals surface area contributed by atoms with E-state index in [2.05, 4.69) is 48.3 Å². The fourth-order valence-corrected chi connectivity index (χ4v) is 3.52. The molecule has 4 heteroatoms. The van der Waals surface area contributed by atoms with E-state index in [9.17, 15) is 9.59 Å². The Labute approximate surface area is 161 Å². The van der Waals surface area contributed by atoms with Gasteiger partial charge in [-0.15, -0.1) is 0 Å². The summed E-state index contributed by atoms with van der Waals surface area (Å²) in [4.78, 5) is 26.8. The molecule has 2 aromatic rings. The molecular weight excluding hydrogens is 336 g/mol. The third-order valence-electron chi connectivity index (χ3n) is 5.38. The van der Waals surface area contributed by atoms with Crippen molar-refractivity contribution in [2.45, 2.75) is 45.2 Å². The molecule has 0 unspecified atom stereocenters. The van der Waals surface area contributed by atoms with E-state index >= 15 is 0 Å². The number of Topliss-reactive ketones (excluding diaryl/α,β-unsaturated/α-hetero) is 1. The Morgan fingerprint density at radius 2 is 1.63 bits per heavy atom. The fraction of sp³-hybridized carbons (Fsp3) is 0.391. The van der Waals surface area contributed by atoms with Crippen LogP contribution >= 0.6 is 0 Å². The molecule has 0 saturated carbocycles. The fourth-order valence-electron chi connectivity index (χ4n) is 3.52. The summed E-state index contributed by atoms with van der Waals surface area (Å²) in [5.74, 6) is -0.0533. The van der Waals surface area contributed by atoms with Crippen molar-refractivity contribution in [2.24, 2.45) is 0 Å². The molecular formula is C23H28N2O2. The van der Waals surface area contributed by atoms with Crippen LogP contribution in [0.1, 0.15) is 48.2 Å². The number of hydrogen-bond acceptors (Lipinski definition) is 3. The normalized spacial score (nSPS) is 14.4. The predicted molar refractivity (Wildman–Crippen MR) is 108 cm³/mol. The average Bonchev–Trinajstić information content (AvgIpc) is 2.70. The van der Waals surface area contributed by atoms with E-state index in [-0.39, 0.29) is 30.1 Å². The molecule has 0 aliphatic carbocycles. The summed E-state index contributed by atoms with van der Waals surface area (Å²) in [5, 5.41) is 3.02. The van der Waals surface area contributed by atoms with Gasteiger partial charge >= 0.3 is 0 Å². The van der Waals surface area contributed by atoms with Gasteiger partial charge in [-0.3, -0.25) is 14.5 Å². The number of carbonyl (C=O) groups excluding carboxylic acids is 2. The Kier molecular flexibility index (Phi) is 6.07. The molecule has 1 aliphatic heterocycles. The summed E-state index contributed by atoms with van der Waals surface area (Å²) < 4.78 is 0. The van der Waals surface area contributed by atoms with Gasteiger partial charge in [0.15, 0.2) is 5.78 Å². The van der Waals surface area contributed by atoms with Crippen molar-refractivity contribution in [2.75, 3.05) is 13.1 Å². The summed E-state index contributed by atoms with van der Waals surface area (Å²) in [6, 6.07) is 17.7. The van der Waals surface area contributed by atoms with Gasteiger partial charge in [0.2, 0.25) is 5.91 Å². The van der Waals surface area contributed by atoms with Crippen LogP contribution in [0.15, 0.2) is 54.6 Å². The Balaban J connectivity index is 1.47. The van der Waals surface area contributed by atoms with E-state index in [1.165, 1.54) is 11.1 Å². The first-order chi connectivity index (χ1) is 13.0. The van der Waals surface area contributed by atoms with Crippen molar-refractivity contribution in [3.63, 3.8) is 0 Å². The number of benzene rings is 2. The number of carbonyl (C=O) groups is 2. The number of nitrogens with one attached hydrogen (secondary N) is 1. The van der Waals surface area contributed by atoms with Crippen molar-refractivity contribution in [3.8, 4) is 0 Å². The minimum Gasteiger partial charge on any atom is -0.354 e. The lowest BCUT2D eigenvalue weighted by atomic mass is 9.94. The van der Waals surface area contributed by atoms with Crippen LogP contribution in [0.2, 0.25) is 0 Å². The molecule has 1 amide bonds. The number of ketones is 1. The number of hydrogen-bond donors (Lipinski definition) is 1. The topological polar surface area (TPSA) is 49.4 Å². The van der Waals surface area contributed by atoms with Gasteiger partial charge < -0.3 is 5.32 Å². The smallest absolute Gasteiger partial charge is 0.220 e. The predicted octanol–water partition coefficient (Wildman–Crippen LogP) is 3.60. The second-order valence-corrected chi connectivity index (χ2v) is 7.82. The molecule has 1 aliphatic rings. The van der Waals surface area contributed by atoms with Crippen LogP contribution in [-0.2, 0) is 17.8 Å². The van der Waals surface area contributed by atoms with Gasteiger partial charge in [-0.2, -0.15) is 0 Å². The van der Waals surface area contributed by atoms with Crippen LogP contribution in [-0.4, -0.2) is 35.2 Å². The Morgan fingerprint density at radius 1 is 0.963 bits per heavy atom. The van der Waals surface area contributed by atoms with E-state index in [1.54, 1.807) is 12.1 Å². The molecule has 1 heterocycles. The highest BCUT2D eigenvalue weighted by molar-refractivity contribution is 5.97. The van der Waals surface area contributed by atoms with Crippen LogP contribution in [0, 0.1) is 0 Å². The van der Waals surface area contributed by atoms with Gasteiger partial charge in [-0.1, -0.05) is 54.6 Å². The van der Waals surface area contributed by atoms with Crippen molar-refractivity contribution < 1.29 is 9.59 Å². The molecule has 0 fully saturated rings. The van der Waals surface area contributed by atoms with Gasteiger partial charge in [0.1, 0.15) is 0 Å². The number of rotatable bonds is 7. The monoisotopic (exact) mass is 364 g/mol. The van der Waals surface area contributed by atoms with Crippen molar-refractivity contribution >= 4 is 11.7 Å². The van der Waals surface area contributed by atoms with Gasteiger partial charge in [0.05, 0.1) is 0 Å². The zero-order valence-corrected chi connectivity index (χ0v) is 16.2. The van der Waals surface area contributed by atoms with Crippen molar-refractivity contribution in [1.82, 2.24) is 10.2 Å². The lowest BCUT2D eigenvalue weighted by Crippen LogP contribution is -2.53. The van der Waals surface area contributed by atoms with Gasteiger partial charge in [-0.25, -0.2) is 0 Å². The Morgan fingerprint density at radius 3 is 2.37 bits per heavy atom. The largest absolute Gasteiger partial charge is 0.354 e. The quantitative estimate of drug-likeness (QED) is 0.764. The Hall–Kier alpha value is -2.46. The van der Waals surface area contributed by atoms with Gasteiger partial charge in [0.25, 0.3) is 0 Å². The summed E-state index contributed by atoms with van der Waals surface area (Å²) in [7, 11) is 0. The molecule has 27 heavy (non-hydrogen) atoms. The molecule has 0 bridgehead atoms. The summed E-state index contributed by atoms with van der Waals surface area (Å²) in [6.07, 6.45) is 1.51. The minimum absolute atomic E-state index is 0.0117. The summed E-state index contributed by atoms with van der Waals surface area (Å²) in [6.45, 7) is 6.80. The highest BCUT2D eigenvalue weighted by Crippen LogP contribution is 2.24. The minimum atomic E-state index is -0.132. The second-order valence-electron chi connectivity index (χ2n) is 7.82. The van der Waals surface area contributed by atoms with Crippen LogP contribution in [0.4, 0.5) is 0 Å². The van der Waals surface area contributed by atoms with Gasteiger partial charge in [0, 0.05) is 43.6 Å². The third kappa shape index (κ3) is 5.04. The maximum atomic E-state index is 12.2. The Bertz CT molecular complexity index is 799. The zero-order chi connectivity index (χ0) is 19.3. The molecule has 1 N–H and O–H groups in total. The molecule has 2 aromatic carbocycles. The SMILES string of the molecule is CC(C)(CNC(=O)CCC(=O)c1ccccc1)N1CCc2ccccc2C1. The zero-order valence-electron chi connectivity index (χ0n) is 16.2. The molecule has 0 saturated heterocycles. The molecule has 4 nitrogen and oxygen atoms in total. The van der Waals surface area contributed by atoms with Crippen LogP contribution in [0.3, 0.4) is 0 Å². The standard InChI is InChI=1S/C23H28N2O2/c1-23(2,25-15-14-18-8-6-7-11-20(18)16-25)17-24-22(27)13-12-21(26)19-9-4-3-5-10-19/h3-11H,12-17H2,1-2H3,(H,24,27). The van der Waals surface area contributed by atoms with Crippen LogP contribution in [0.25, 0.3) is 0 Å². The molecule has 0 radical (unpaired) electrons. The molecule has 142 valence electrons. The summed E-state index contributed by atoms with van der Waals surface area (Å²) in [5.41, 5.74) is 3.33. The first kappa shape index (κ1) is 19.3. The van der Waals surface area contributed by atoms with E-state index < -0.39 is 0 Å². The molecule has 0 spiro atoms. The van der Waals surface area contributed by atoms with E-state index in [1.807, 2.05) is 18.2 Å². The van der Waals surface area contributed by atoms with Crippen LogP contribution in [0.5, 0.6) is 0 Å². The highest BCUT2D eigenvalue weighted by atomic mass is 16.2. The molecule has 0 aromatic heterocycles. The third-order valence-corrected chi connectivity index (χ3v) is 5.38. The molecule has 0 atom stereocenters. The van der Waals surface area contributed by atoms with E-state index in [4.69, 9.17) is 0 Å². The highest BCUT2D eigenvalue weighted by Gasteiger charge is 2.30. The second kappa shape index (κ2) is 8.49. The first-order valence-electron chi connectivity index (χ1n) is 9.62. The van der Waals surface area contributed by atoms with E-state index in [0.717, 1.165) is 19.5 Å². The lowest BCUT2D eigenvalue weighted by Gasteiger charge is -2.41. The van der Waals surface area contributed by atoms with Gasteiger partial charge in [-0.05, 0) is 31.4 Å². The lowest BCUT2D eigenvalue weighted by molar-refractivity contribution is -0.121.